The fourth-order valence-corrected chi connectivity index (χ4v) is 2.08. The van der Waals surface area contributed by atoms with Crippen LogP contribution in [-0.2, 0) is 21.0 Å². The Balaban J connectivity index is 1.65. The molecule has 102 valence electrons. The van der Waals surface area contributed by atoms with Crippen molar-refractivity contribution in [3.05, 3.63) is 46.0 Å². The zero-order chi connectivity index (χ0) is 13.7. The van der Waals surface area contributed by atoms with Gasteiger partial charge in [0.15, 0.2) is 0 Å². The molecule has 0 heterocycles. The zero-order valence-corrected chi connectivity index (χ0v) is 10.4. The van der Waals surface area contributed by atoms with E-state index in [-0.39, 0.29) is 31.0 Å². The Morgan fingerprint density at radius 3 is 2.63 bits per heavy atom. The third-order valence-corrected chi connectivity index (χ3v) is 3.21. The van der Waals surface area contributed by atoms with Gasteiger partial charge in [-0.25, -0.2) is 0 Å². The lowest BCUT2D eigenvalue weighted by Crippen LogP contribution is -2.34. The Labute approximate surface area is 110 Å². The van der Waals surface area contributed by atoms with Crippen molar-refractivity contribution in [2.45, 2.75) is 19.4 Å². The molecule has 0 aliphatic heterocycles. The summed E-state index contributed by atoms with van der Waals surface area (Å²) in [5.74, 6) is -0.301. The Morgan fingerprint density at radius 1 is 1.32 bits per heavy atom. The number of esters is 1. The van der Waals surface area contributed by atoms with E-state index >= 15 is 0 Å². The summed E-state index contributed by atoms with van der Waals surface area (Å²) in [7, 11) is 0. The Morgan fingerprint density at radius 2 is 2.00 bits per heavy atom. The lowest BCUT2D eigenvalue weighted by atomic mass is 9.75. The van der Waals surface area contributed by atoms with Crippen LogP contribution in [-0.4, -0.2) is 17.7 Å². The third-order valence-electron chi connectivity index (χ3n) is 3.21. The van der Waals surface area contributed by atoms with Gasteiger partial charge >= 0.3 is 5.97 Å². The van der Waals surface area contributed by atoms with Crippen molar-refractivity contribution in [2.24, 2.45) is 11.8 Å². The standard InChI is InChI=1S/C13H15NO5/c15-13(18-8-10-4-2-1-3-5-10)12-6-11(7-12)9-19-14(16)17/h1-5,11-12H,6-9H2. The van der Waals surface area contributed by atoms with Gasteiger partial charge in [0.1, 0.15) is 6.61 Å². The van der Waals surface area contributed by atoms with Crippen LogP contribution in [0.4, 0.5) is 0 Å². The van der Waals surface area contributed by atoms with Gasteiger partial charge in [0.25, 0.3) is 5.09 Å². The van der Waals surface area contributed by atoms with E-state index in [0.717, 1.165) is 5.56 Å². The molecular formula is C13H15NO5. The van der Waals surface area contributed by atoms with Crippen LogP contribution in [0.3, 0.4) is 0 Å². The maximum absolute atomic E-state index is 11.7. The average Bonchev–Trinajstić information content (AvgIpc) is 2.35. The van der Waals surface area contributed by atoms with E-state index in [1.54, 1.807) is 0 Å². The summed E-state index contributed by atoms with van der Waals surface area (Å²) in [4.78, 5) is 26.0. The second kappa shape index (κ2) is 6.17. The Bertz CT molecular complexity index is 442. The first-order chi connectivity index (χ1) is 9.15. The molecule has 0 aromatic heterocycles. The molecule has 1 aromatic carbocycles. The quantitative estimate of drug-likeness (QED) is 0.446. The number of rotatable bonds is 6. The van der Waals surface area contributed by atoms with Crippen molar-refractivity contribution in [1.29, 1.82) is 0 Å². The first kappa shape index (κ1) is 13.3. The van der Waals surface area contributed by atoms with Gasteiger partial charge in [0.05, 0.1) is 12.5 Å². The fourth-order valence-electron chi connectivity index (χ4n) is 2.08. The third kappa shape index (κ3) is 3.94. The van der Waals surface area contributed by atoms with Crippen LogP contribution >= 0.6 is 0 Å². The number of hydrogen-bond donors (Lipinski definition) is 0. The van der Waals surface area contributed by atoms with Crippen LogP contribution in [0.2, 0.25) is 0 Å². The second-order valence-corrected chi connectivity index (χ2v) is 4.65. The first-order valence-electron chi connectivity index (χ1n) is 6.13. The molecule has 0 bridgehead atoms. The van der Waals surface area contributed by atoms with Crippen molar-refractivity contribution < 1.29 is 19.5 Å². The number of carbonyl (C=O) groups is 1. The molecule has 0 saturated heterocycles. The summed E-state index contributed by atoms with van der Waals surface area (Å²) in [6, 6.07) is 9.45. The van der Waals surface area contributed by atoms with Crippen molar-refractivity contribution in [2.75, 3.05) is 6.61 Å². The van der Waals surface area contributed by atoms with Gasteiger partial charge in [-0.05, 0) is 24.3 Å². The molecule has 1 aliphatic carbocycles. The van der Waals surface area contributed by atoms with E-state index < -0.39 is 5.09 Å². The minimum Gasteiger partial charge on any atom is -0.461 e. The molecule has 0 spiro atoms. The van der Waals surface area contributed by atoms with Gasteiger partial charge in [0, 0.05) is 0 Å². The first-order valence-corrected chi connectivity index (χ1v) is 6.13. The molecule has 19 heavy (non-hydrogen) atoms. The van der Waals surface area contributed by atoms with E-state index in [9.17, 15) is 14.9 Å². The van der Waals surface area contributed by atoms with E-state index in [1.807, 2.05) is 30.3 Å². The lowest BCUT2D eigenvalue weighted by molar-refractivity contribution is -0.759. The van der Waals surface area contributed by atoms with Gasteiger partial charge in [-0.1, -0.05) is 30.3 Å². The average molecular weight is 265 g/mol. The largest absolute Gasteiger partial charge is 0.461 e. The van der Waals surface area contributed by atoms with Gasteiger partial charge in [-0.2, -0.15) is 0 Å². The van der Waals surface area contributed by atoms with Crippen LogP contribution < -0.4 is 0 Å². The molecule has 6 heteroatoms. The maximum atomic E-state index is 11.7. The van der Waals surface area contributed by atoms with E-state index in [4.69, 9.17) is 4.74 Å². The molecule has 1 fully saturated rings. The van der Waals surface area contributed by atoms with Gasteiger partial charge in [-0.15, -0.1) is 10.1 Å². The van der Waals surface area contributed by atoms with Crippen LogP contribution in [0.15, 0.2) is 30.3 Å². The highest BCUT2D eigenvalue weighted by Gasteiger charge is 2.36. The SMILES string of the molecule is O=C(OCc1ccccc1)C1CC(CO[N+](=O)[O-])C1. The van der Waals surface area contributed by atoms with Gasteiger partial charge in [0.2, 0.25) is 0 Å². The van der Waals surface area contributed by atoms with Crippen molar-refractivity contribution in [1.82, 2.24) is 0 Å². The van der Waals surface area contributed by atoms with E-state index in [2.05, 4.69) is 4.84 Å². The zero-order valence-electron chi connectivity index (χ0n) is 10.4. The molecule has 0 unspecified atom stereocenters. The highest BCUT2D eigenvalue weighted by molar-refractivity contribution is 5.73. The molecule has 0 radical (unpaired) electrons. The normalized spacial score (nSPS) is 21.3. The number of carbonyl (C=O) groups excluding carboxylic acids is 1. The van der Waals surface area contributed by atoms with E-state index in [1.165, 1.54) is 0 Å². The van der Waals surface area contributed by atoms with Crippen LogP contribution in [0.1, 0.15) is 18.4 Å². The number of benzene rings is 1. The molecule has 0 N–H and O–H groups in total. The van der Waals surface area contributed by atoms with E-state index in [0.29, 0.717) is 12.8 Å². The summed E-state index contributed by atoms with van der Waals surface area (Å²) in [5, 5.41) is 9.21. The Kier molecular flexibility index (Phi) is 4.33. The number of nitrogens with zero attached hydrogens (tertiary/aromatic N) is 1. The topological polar surface area (TPSA) is 78.7 Å². The molecule has 1 aromatic rings. The highest BCUT2D eigenvalue weighted by atomic mass is 16.9. The van der Waals surface area contributed by atoms with Crippen molar-refractivity contribution in [3.8, 4) is 0 Å². The smallest absolute Gasteiger partial charge is 0.309 e. The fraction of sp³-hybridized carbons (Fsp3) is 0.462. The summed E-state index contributed by atoms with van der Waals surface area (Å²) in [6.07, 6.45) is 1.20. The van der Waals surface area contributed by atoms with Crippen LogP contribution in [0.5, 0.6) is 0 Å². The van der Waals surface area contributed by atoms with Gasteiger partial charge in [-0.3, -0.25) is 4.79 Å². The number of hydrogen-bond acceptors (Lipinski definition) is 5. The lowest BCUT2D eigenvalue weighted by Gasteiger charge is -2.32. The predicted octanol–water partition coefficient (Wildman–Crippen LogP) is 1.96. The summed E-state index contributed by atoms with van der Waals surface area (Å²) < 4.78 is 5.19. The maximum Gasteiger partial charge on any atom is 0.309 e. The monoisotopic (exact) mass is 265 g/mol. The predicted molar refractivity (Wildman–Crippen MR) is 65.4 cm³/mol. The van der Waals surface area contributed by atoms with Gasteiger partial charge < -0.3 is 9.57 Å². The summed E-state index contributed by atoms with van der Waals surface area (Å²) >= 11 is 0. The molecule has 6 nitrogen and oxygen atoms in total. The summed E-state index contributed by atoms with van der Waals surface area (Å²) in [6.45, 7) is 0.335. The van der Waals surface area contributed by atoms with Crippen molar-refractivity contribution >= 4 is 5.97 Å². The second-order valence-electron chi connectivity index (χ2n) is 4.65. The number of ether oxygens (including phenoxy) is 1. The van der Waals surface area contributed by atoms with Crippen LogP contribution in [0.25, 0.3) is 0 Å². The molecule has 1 aliphatic rings. The molecule has 2 rings (SSSR count). The summed E-state index contributed by atoms with van der Waals surface area (Å²) in [5.41, 5.74) is 0.948. The highest BCUT2D eigenvalue weighted by Crippen LogP contribution is 2.34. The van der Waals surface area contributed by atoms with Crippen LogP contribution in [0, 0.1) is 22.0 Å². The molecule has 1 saturated carbocycles. The minimum absolute atomic E-state index is 0.0649. The van der Waals surface area contributed by atoms with Crippen molar-refractivity contribution in [3.63, 3.8) is 0 Å². The molecule has 0 amide bonds. The minimum atomic E-state index is -0.805. The molecule has 0 atom stereocenters. The molecular weight excluding hydrogens is 250 g/mol. The Hall–Kier alpha value is -2.11.